The van der Waals surface area contributed by atoms with Crippen LogP contribution in [0.1, 0.15) is 32.0 Å². The molecule has 0 aliphatic carbocycles. The van der Waals surface area contributed by atoms with Gasteiger partial charge in [-0.3, -0.25) is 4.79 Å². The first-order valence-electron chi connectivity index (χ1n) is 12.7. The minimum absolute atomic E-state index is 0.0338. The zero-order chi connectivity index (χ0) is 28.9. The summed E-state index contributed by atoms with van der Waals surface area (Å²) >= 11 is 0. The molecule has 2 aliphatic rings. The number of hydrazone groups is 1. The van der Waals surface area contributed by atoms with Gasteiger partial charge in [-0.2, -0.15) is 5.10 Å². The number of carbonyl (C=O) groups excluding carboxylic acids is 1. The molecule has 0 spiro atoms. The number of hydrogen-bond acceptors (Lipinski definition) is 7. The predicted octanol–water partition coefficient (Wildman–Crippen LogP) is 3.84. The molecule has 3 aromatic rings. The number of aromatic nitrogens is 2. The van der Waals surface area contributed by atoms with E-state index in [0.717, 1.165) is 30.1 Å². The lowest BCUT2D eigenvalue weighted by atomic mass is 10.1. The Bertz CT molecular complexity index is 1510. The van der Waals surface area contributed by atoms with Crippen LogP contribution in [-0.4, -0.2) is 57.6 Å². The molecule has 1 unspecified atom stereocenters. The Morgan fingerprint density at radius 1 is 1.20 bits per heavy atom. The molecule has 1 amide bonds. The number of amides is 1. The highest BCUT2D eigenvalue weighted by Gasteiger charge is 2.46. The highest BCUT2D eigenvalue weighted by atomic mass is 19.3. The molecule has 0 radical (unpaired) electrons. The first-order chi connectivity index (χ1) is 18.9. The zero-order valence-electron chi connectivity index (χ0n) is 22.1. The number of nitrogens with zero attached hydrogens (tertiary/aromatic N) is 5. The van der Waals surface area contributed by atoms with Gasteiger partial charge >= 0.3 is 0 Å². The Balaban J connectivity index is 1.58. The van der Waals surface area contributed by atoms with Gasteiger partial charge in [0.15, 0.2) is 17.9 Å². The summed E-state index contributed by atoms with van der Waals surface area (Å²) in [7, 11) is 1.83. The number of hydrogen-bond donors (Lipinski definition) is 3. The Morgan fingerprint density at radius 2 is 1.90 bits per heavy atom. The molecule has 1 saturated heterocycles. The van der Waals surface area contributed by atoms with Gasteiger partial charge in [0.2, 0.25) is 0 Å². The molecular weight excluding hydrogens is 530 g/mol. The minimum atomic E-state index is -3.00. The third-order valence-corrected chi connectivity index (χ3v) is 7.05. The molecule has 2 aromatic carbocycles. The van der Waals surface area contributed by atoms with Crippen molar-refractivity contribution in [2.24, 2.45) is 17.9 Å². The van der Waals surface area contributed by atoms with Crippen molar-refractivity contribution in [2.45, 2.75) is 44.4 Å². The van der Waals surface area contributed by atoms with E-state index < -0.39 is 54.4 Å². The predicted molar refractivity (Wildman–Crippen MR) is 145 cm³/mol. The molecule has 1 fully saturated rings. The van der Waals surface area contributed by atoms with E-state index >= 15 is 0 Å². The maximum Gasteiger partial charge on any atom is 0.276 e. The highest BCUT2D eigenvalue weighted by molar-refractivity contribution is 6.47. The number of aliphatic hydroxyl groups is 1. The monoisotopic (exact) mass is 559 g/mol. The highest BCUT2D eigenvalue weighted by Crippen LogP contribution is 2.43. The van der Waals surface area contributed by atoms with Gasteiger partial charge in [0.05, 0.1) is 23.4 Å². The second-order valence-corrected chi connectivity index (χ2v) is 10.2. The van der Waals surface area contributed by atoms with Crippen LogP contribution in [0.15, 0.2) is 47.6 Å². The Morgan fingerprint density at radius 3 is 2.55 bits per heavy atom. The number of aliphatic hydroxyl groups excluding tert-OH is 1. The molecule has 0 saturated carbocycles. The smallest absolute Gasteiger partial charge is 0.276 e. The molecule has 212 valence electrons. The van der Waals surface area contributed by atoms with Crippen molar-refractivity contribution >= 4 is 39.7 Å². The average molecular weight is 560 g/mol. The number of anilines is 3. The summed E-state index contributed by atoms with van der Waals surface area (Å²) < 4.78 is 59.9. The number of para-hydroxylation sites is 1. The van der Waals surface area contributed by atoms with Crippen LogP contribution in [-0.2, 0) is 11.8 Å². The van der Waals surface area contributed by atoms with Gasteiger partial charge in [-0.05, 0) is 36.4 Å². The van der Waals surface area contributed by atoms with E-state index in [4.69, 9.17) is 10.7 Å². The van der Waals surface area contributed by atoms with E-state index in [-0.39, 0.29) is 23.9 Å². The summed E-state index contributed by atoms with van der Waals surface area (Å²) in [4.78, 5) is 19.6. The van der Waals surface area contributed by atoms with E-state index in [2.05, 4.69) is 10.4 Å². The van der Waals surface area contributed by atoms with Crippen molar-refractivity contribution in [3.63, 3.8) is 0 Å². The maximum absolute atomic E-state index is 14.6. The number of rotatable bonds is 6. The molecule has 2 atom stereocenters. The van der Waals surface area contributed by atoms with Crippen molar-refractivity contribution in [1.82, 2.24) is 9.55 Å². The standard InChI is InChI=1S/C27H29F4N7O2/c1-14(2)25-34-22-20(36(25)3)9-7-18(24(22)37-13-27(30,31)11-15(37)12-32)33-26(40)19-8-10-21(39)38(35-19)23-16(28)5-4-6-17(23)29/h4-10,14-15,21,39H,11-13,32H2,1-3H3,(H,33,40)/t15-,21?/m0/s1. The normalized spacial score (nSPS) is 20.5. The molecule has 2 aliphatic heterocycles. The van der Waals surface area contributed by atoms with Crippen LogP contribution in [0.5, 0.6) is 0 Å². The van der Waals surface area contributed by atoms with E-state index in [9.17, 15) is 27.5 Å². The van der Waals surface area contributed by atoms with Crippen molar-refractivity contribution in [3.8, 4) is 0 Å². The number of benzene rings is 2. The molecular formula is C27H29F4N7O2. The lowest BCUT2D eigenvalue weighted by Gasteiger charge is -2.29. The summed E-state index contributed by atoms with van der Waals surface area (Å²) in [5, 5.41) is 17.7. The van der Waals surface area contributed by atoms with Crippen LogP contribution in [0.3, 0.4) is 0 Å². The molecule has 5 rings (SSSR count). The molecule has 9 nitrogen and oxygen atoms in total. The Labute approximate surface area is 227 Å². The van der Waals surface area contributed by atoms with Crippen LogP contribution >= 0.6 is 0 Å². The topological polar surface area (TPSA) is 112 Å². The van der Waals surface area contributed by atoms with E-state index in [1.54, 1.807) is 12.1 Å². The largest absolute Gasteiger partial charge is 0.368 e. The maximum atomic E-state index is 14.6. The van der Waals surface area contributed by atoms with Crippen molar-refractivity contribution in [3.05, 3.63) is 59.9 Å². The lowest BCUT2D eigenvalue weighted by Crippen LogP contribution is -2.38. The number of nitrogens with two attached hydrogens (primary N) is 1. The summed E-state index contributed by atoms with van der Waals surface area (Å²) in [6.45, 7) is 3.27. The minimum Gasteiger partial charge on any atom is -0.368 e. The van der Waals surface area contributed by atoms with Crippen molar-refractivity contribution in [1.29, 1.82) is 0 Å². The number of carbonyl (C=O) groups is 1. The number of fused-ring (bicyclic) bond motifs is 1. The van der Waals surface area contributed by atoms with Crippen molar-refractivity contribution < 1.29 is 27.5 Å². The molecule has 13 heteroatoms. The molecule has 3 heterocycles. The average Bonchev–Trinajstić information content (AvgIpc) is 3.40. The van der Waals surface area contributed by atoms with Gasteiger partial charge in [0, 0.05) is 32.0 Å². The first-order valence-corrected chi connectivity index (χ1v) is 12.7. The summed E-state index contributed by atoms with van der Waals surface area (Å²) in [5.74, 6) is -4.99. The van der Waals surface area contributed by atoms with Crippen molar-refractivity contribution in [2.75, 3.05) is 28.3 Å². The fraction of sp³-hybridized carbons (Fsp3) is 0.370. The number of halogens is 4. The molecule has 4 N–H and O–H groups in total. The van der Waals surface area contributed by atoms with Gasteiger partial charge in [-0.15, -0.1) is 0 Å². The van der Waals surface area contributed by atoms with Crippen LogP contribution in [0.4, 0.5) is 34.6 Å². The fourth-order valence-corrected chi connectivity index (χ4v) is 5.21. The second kappa shape index (κ2) is 10.2. The summed E-state index contributed by atoms with van der Waals surface area (Å²) in [6.07, 6.45) is 0.373. The molecule has 40 heavy (non-hydrogen) atoms. The van der Waals surface area contributed by atoms with E-state index in [1.165, 1.54) is 11.0 Å². The van der Waals surface area contributed by atoms with Crippen LogP contribution in [0.2, 0.25) is 0 Å². The summed E-state index contributed by atoms with van der Waals surface area (Å²) in [5.41, 5.74) is 6.56. The van der Waals surface area contributed by atoms with E-state index in [0.29, 0.717) is 21.7 Å². The quantitative estimate of drug-likeness (QED) is 0.396. The Kier molecular flexibility index (Phi) is 7.04. The molecule has 1 aromatic heterocycles. The van der Waals surface area contributed by atoms with Gasteiger partial charge in [0.25, 0.3) is 11.8 Å². The Hall–Kier alpha value is -3.97. The number of imidazole rings is 1. The summed E-state index contributed by atoms with van der Waals surface area (Å²) in [6, 6.07) is 5.76. The third kappa shape index (κ3) is 4.79. The number of aryl methyl sites for hydroxylation is 1. The van der Waals surface area contributed by atoms with Gasteiger partial charge in [0.1, 0.15) is 22.7 Å². The third-order valence-electron chi connectivity index (χ3n) is 7.05. The fourth-order valence-electron chi connectivity index (χ4n) is 5.21. The molecule has 0 bridgehead atoms. The van der Waals surface area contributed by atoms with Crippen LogP contribution in [0, 0.1) is 11.6 Å². The SMILES string of the molecule is CC(C)c1nc2c(N3CC(F)(F)C[C@H]3CN)c(NC(=O)C3=NN(c4c(F)cccc4F)C(O)C=C3)ccc2n1C. The van der Waals surface area contributed by atoms with Crippen LogP contribution < -0.4 is 21.0 Å². The number of alkyl halides is 2. The van der Waals surface area contributed by atoms with Gasteiger partial charge < -0.3 is 25.6 Å². The lowest BCUT2D eigenvalue weighted by molar-refractivity contribution is -0.110. The number of nitrogens with one attached hydrogen (secondary N) is 1. The van der Waals surface area contributed by atoms with Crippen LogP contribution in [0.25, 0.3) is 11.0 Å². The first kappa shape index (κ1) is 27.6. The van der Waals surface area contributed by atoms with Gasteiger partial charge in [-0.1, -0.05) is 19.9 Å². The van der Waals surface area contributed by atoms with Gasteiger partial charge in [-0.25, -0.2) is 27.6 Å². The zero-order valence-corrected chi connectivity index (χ0v) is 22.1. The second-order valence-electron chi connectivity index (χ2n) is 10.2. The van der Waals surface area contributed by atoms with E-state index in [1.807, 2.05) is 25.5 Å².